The molecule has 5 nitrogen and oxygen atoms in total. The Hall–Kier alpha value is -2.82. The summed E-state index contributed by atoms with van der Waals surface area (Å²) in [7, 11) is 1.69. The van der Waals surface area contributed by atoms with Crippen molar-refractivity contribution in [2.24, 2.45) is 5.92 Å². The van der Waals surface area contributed by atoms with E-state index in [1.54, 1.807) is 13.3 Å². The lowest BCUT2D eigenvalue weighted by atomic mass is 9.99. The molecule has 1 fully saturated rings. The van der Waals surface area contributed by atoms with Gasteiger partial charge in [0.2, 0.25) is 0 Å². The fourth-order valence-electron chi connectivity index (χ4n) is 4.09. The third-order valence-electron chi connectivity index (χ3n) is 5.63. The van der Waals surface area contributed by atoms with E-state index >= 15 is 0 Å². The van der Waals surface area contributed by atoms with Crippen LogP contribution in [0.1, 0.15) is 25.3 Å². The molecule has 0 amide bonds. The standard InChI is InChI=1S/C22H25N3O2/c1-4-15-7-9-25(13-15)16-11-19-20(24-12-16)18(10-14(2)21(19)27-3)17-6-5-8-23-22(17)26/h5-6,8,10-12,15H,4,7,9,13H2,1-3H3,(H,23,26). The summed E-state index contributed by atoms with van der Waals surface area (Å²) in [5.74, 6) is 1.57. The van der Waals surface area contributed by atoms with Gasteiger partial charge in [-0.25, -0.2) is 0 Å². The number of aromatic nitrogens is 2. The third-order valence-corrected chi connectivity index (χ3v) is 5.63. The molecular weight excluding hydrogens is 338 g/mol. The van der Waals surface area contributed by atoms with Gasteiger partial charge in [-0.15, -0.1) is 0 Å². The Labute approximate surface area is 159 Å². The SMILES string of the molecule is CCC1CCN(c2cnc3c(-c4ccc[nH]c4=O)cc(C)c(OC)c3c2)C1. The molecule has 0 bridgehead atoms. The minimum Gasteiger partial charge on any atom is -0.496 e. The Morgan fingerprint density at radius 3 is 2.89 bits per heavy atom. The number of benzene rings is 1. The van der Waals surface area contributed by atoms with Gasteiger partial charge in [0.1, 0.15) is 5.75 Å². The smallest absolute Gasteiger partial charge is 0.255 e. The Bertz CT molecular complexity index is 1040. The number of nitrogens with one attached hydrogen (secondary N) is 1. The first-order valence-corrected chi connectivity index (χ1v) is 9.52. The third kappa shape index (κ3) is 3.07. The lowest BCUT2D eigenvalue weighted by molar-refractivity contribution is 0.417. The van der Waals surface area contributed by atoms with E-state index in [1.807, 2.05) is 31.3 Å². The van der Waals surface area contributed by atoms with E-state index in [-0.39, 0.29) is 5.56 Å². The second-order valence-corrected chi connectivity index (χ2v) is 7.29. The summed E-state index contributed by atoms with van der Waals surface area (Å²) in [4.78, 5) is 22.3. The molecule has 27 heavy (non-hydrogen) atoms. The maximum atomic E-state index is 12.4. The minimum atomic E-state index is -0.112. The molecule has 2 aromatic heterocycles. The van der Waals surface area contributed by atoms with Crippen molar-refractivity contribution in [1.82, 2.24) is 9.97 Å². The average molecular weight is 363 g/mol. The van der Waals surface area contributed by atoms with Crippen molar-refractivity contribution in [2.75, 3.05) is 25.1 Å². The van der Waals surface area contributed by atoms with Crippen molar-refractivity contribution in [3.8, 4) is 16.9 Å². The summed E-state index contributed by atoms with van der Waals surface area (Å²) >= 11 is 0. The number of anilines is 1. The maximum Gasteiger partial charge on any atom is 0.255 e. The molecule has 1 unspecified atom stereocenters. The van der Waals surface area contributed by atoms with Crippen LogP contribution in [0.2, 0.25) is 0 Å². The fourth-order valence-corrected chi connectivity index (χ4v) is 4.09. The van der Waals surface area contributed by atoms with Gasteiger partial charge in [0.15, 0.2) is 0 Å². The number of hydrogen-bond acceptors (Lipinski definition) is 4. The zero-order chi connectivity index (χ0) is 19.0. The number of aryl methyl sites for hydroxylation is 1. The Morgan fingerprint density at radius 1 is 1.33 bits per heavy atom. The molecule has 1 N–H and O–H groups in total. The average Bonchev–Trinajstić information content (AvgIpc) is 3.17. The zero-order valence-electron chi connectivity index (χ0n) is 16.1. The van der Waals surface area contributed by atoms with Crippen molar-refractivity contribution in [3.63, 3.8) is 0 Å². The fraction of sp³-hybridized carbons (Fsp3) is 0.364. The molecule has 0 saturated carbocycles. The number of H-pyrrole nitrogens is 1. The monoisotopic (exact) mass is 363 g/mol. The van der Waals surface area contributed by atoms with Gasteiger partial charge in [0, 0.05) is 35.8 Å². The van der Waals surface area contributed by atoms with Gasteiger partial charge in [-0.3, -0.25) is 9.78 Å². The summed E-state index contributed by atoms with van der Waals surface area (Å²) in [6.07, 6.45) is 6.01. The zero-order valence-corrected chi connectivity index (χ0v) is 16.1. The van der Waals surface area contributed by atoms with E-state index in [9.17, 15) is 4.79 Å². The molecule has 0 radical (unpaired) electrons. The van der Waals surface area contributed by atoms with Crippen molar-refractivity contribution in [3.05, 3.63) is 52.6 Å². The molecule has 5 heteroatoms. The molecule has 3 heterocycles. The molecule has 1 aromatic carbocycles. The molecule has 0 spiro atoms. The van der Waals surface area contributed by atoms with E-state index in [4.69, 9.17) is 9.72 Å². The first kappa shape index (κ1) is 17.6. The van der Waals surface area contributed by atoms with Crippen molar-refractivity contribution in [2.45, 2.75) is 26.7 Å². The normalized spacial score (nSPS) is 16.9. The Kier molecular flexibility index (Phi) is 4.60. The van der Waals surface area contributed by atoms with Gasteiger partial charge in [0.25, 0.3) is 5.56 Å². The lowest BCUT2D eigenvalue weighted by Gasteiger charge is -2.20. The number of rotatable bonds is 4. The van der Waals surface area contributed by atoms with Gasteiger partial charge in [-0.2, -0.15) is 0 Å². The highest BCUT2D eigenvalue weighted by molar-refractivity contribution is 5.99. The van der Waals surface area contributed by atoms with Crippen LogP contribution < -0.4 is 15.2 Å². The van der Waals surface area contributed by atoms with E-state index < -0.39 is 0 Å². The van der Waals surface area contributed by atoms with Crippen molar-refractivity contribution in [1.29, 1.82) is 0 Å². The van der Waals surface area contributed by atoms with Crippen LogP contribution in [0.5, 0.6) is 5.75 Å². The minimum absolute atomic E-state index is 0.112. The summed E-state index contributed by atoms with van der Waals surface area (Å²) in [6, 6.07) is 7.82. The van der Waals surface area contributed by atoms with E-state index in [1.165, 1.54) is 12.8 Å². The number of fused-ring (bicyclic) bond motifs is 1. The second kappa shape index (κ2) is 7.06. The first-order valence-electron chi connectivity index (χ1n) is 9.52. The quantitative estimate of drug-likeness (QED) is 0.757. The molecule has 1 aliphatic rings. The molecule has 1 atom stereocenters. The molecule has 3 aromatic rings. The Morgan fingerprint density at radius 2 is 2.19 bits per heavy atom. The molecule has 1 saturated heterocycles. The first-order chi connectivity index (χ1) is 13.1. The van der Waals surface area contributed by atoms with Gasteiger partial charge < -0.3 is 14.6 Å². The molecule has 1 aliphatic heterocycles. The number of aromatic amines is 1. The highest BCUT2D eigenvalue weighted by Gasteiger charge is 2.23. The van der Waals surface area contributed by atoms with Crippen LogP contribution in [0.15, 0.2) is 41.5 Å². The summed E-state index contributed by atoms with van der Waals surface area (Å²) in [5.41, 5.74) is 4.26. The molecule has 4 rings (SSSR count). The van der Waals surface area contributed by atoms with Crippen LogP contribution in [0, 0.1) is 12.8 Å². The molecular formula is C22H25N3O2. The Balaban J connectivity index is 1.90. The summed E-state index contributed by atoms with van der Waals surface area (Å²) in [6.45, 7) is 6.39. The number of ether oxygens (including phenoxy) is 1. The van der Waals surface area contributed by atoms with E-state index in [0.29, 0.717) is 5.56 Å². The highest BCUT2D eigenvalue weighted by atomic mass is 16.5. The molecule has 140 valence electrons. The van der Waals surface area contributed by atoms with Crippen molar-refractivity contribution < 1.29 is 4.74 Å². The number of methoxy groups -OCH3 is 1. The van der Waals surface area contributed by atoms with Gasteiger partial charge in [0.05, 0.1) is 24.5 Å². The van der Waals surface area contributed by atoms with Crippen LogP contribution in [0.4, 0.5) is 5.69 Å². The largest absolute Gasteiger partial charge is 0.496 e. The van der Waals surface area contributed by atoms with Crippen LogP contribution in [-0.2, 0) is 0 Å². The summed E-state index contributed by atoms with van der Waals surface area (Å²) in [5, 5.41) is 0.952. The van der Waals surface area contributed by atoms with Crippen LogP contribution >= 0.6 is 0 Å². The molecule has 0 aliphatic carbocycles. The highest BCUT2D eigenvalue weighted by Crippen LogP contribution is 2.37. The number of pyridine rings is 2. The topological polar surface area (TPSA) is 58.2 Å². The van der Waals surface area contributed by atoms with Crippen LogP contribution in [0.25, 0.3) is 22.0 Å². The second-order valence-electron chi connectivity index (χ2n) is 7.29. The van der Waals surface area contributed by atoms with Gasteiger partial charge >= 0.3 is 0 Å². The van der Waals surface area contributed by atoms with E-state index in [2.05, 4.69) is 22.9 Å². The summed E-state index contributed by atoms with van der Waals surface area (Å²) < 4.78 is 5.69. The predicted octanol–water partition coefficient (Wildman–Crippen LogP) is 4.14. The van der Waals surface area contributed by atoms with E-state index in [0.717, 1.165) is 52.5 Å². The number of nitrogens with zero attached hydrogens (tertiary/aromatic N) is 2. The van der Waals surface area contributed by atoms with Gasteiger partial charge in [-0.1, -0.05) is 13.3 Å². The maximum absolute atomic E-state index is 12.4. The van der Waals surface area contributed by atoms with Gasteiger partial charge in [-0.05, 0) is 49.1 Å². The lowest BCUT2D eigenvalue weighted by Crippen LogP contribution is -2.19. The van der Waals surface area contributed by atoms with Crippen LogP contribution in [0.3, 0.4) is 0 Å². The number of hydrogen-bond donors (Lipinski definition) is 1. The predicted molar refractivity (Wildman–Crippen MR) is 110 cm³/mol. The van der Waals surface area contributed by atoms with Crippen molar-refractivity contribution >= 4 is 16.6 Å². The van der Waals surface area contributed by atoms with Crippen LogP contribution in [-0.4, -0.2) is 30.2 Å².